The largest absolute Gasteiger partial charge is 0.456 e. The first-order chi connectivity index (χ1) is 18.1. The van der Waals surface area contributed by atoms with Crippen molar-refractivity contribution in [2.45, 2.75) is 63.5 Å². The summed E-state index contributed by atoms with van der Waals surface area (Å²) in [6.07, 6.45) is 8.44. The van der Waals surface area contributed by atoms with E-state index in [2.05, 4.69) is 29.3 Å². The van der Waals surface area contributed by atoms with E-state index in [1.54, 1.807) is 0 Å². The minimum atomic E-state index is -1.05. The van der Waals surface area contributed by atoms with Crippen molar-refractivity contribution in [3.8, 4) is 11.5 Å². The Balaban J connectivity index is 1.49. The molecule has 2 fully saturated rings. The van der Waals surface area contributed by atoms with Gasteiger partial charge in [-0.3, -0.25) is 0 Å². The fraction of sp³-hybridized carbons (Fsp3) is 0.406. The van der Waals surface area contributed by atoms with Gasteiger partial charge in [0.15, 0.2) is 5.60 Å². The van der Waals surface area contributed by atoms with E-state index in [0.717, 1.165) is 71.9 Å². The molecule has 0 radical (unpaired) electrons. The van der Waals surface area contributed by atoms with Crippen molar-refractivity contribution in [1.29, 1.82) is 0 Å². The summed E-state index contributed by atoms with van der Waals surface area (Å²) in [5.41, 5.74) is 4.38. The highest BCUT2D eigenvalue weighted by Crippen LogP contribution is 2.59. The number of esters is 1. The van der Waals surface area contributed by atoms with Crippen LogP contribution in [-0.4, -0.2) is 25.1 Å². The maximum Gasteiger partial charge on any atom is 0.342 e. The Morgan fingerprint density at radius 1 is 0.865 bits per heavy atom. The third-order valence-corrected chi connectivity index (χ3v) is 8.70. The third kappa shape index (κ3) is 3.54. The summed E-state index contributed by atoms with van der Waals surface area (Å²) in [6.45, 7) is 4.22. The van der Waals surface area contributed by atoms with Crippen molar-refractivity contribution in [1.82, 2.24) is 0 Å². The molecule has 190 valence electrons. The number of piperidine rings is 1. The second-order valence-corrected chi connectivity index (χ2v) is 11.2. The molecule has 1 aliphatic carbocycles. The van der Waals surface area contributed by atoms with Crippen molar-refractivity contribution < 1.29 is 14.3 Å². The lowest BCUT2D eigenvalue weighted by Gasteiger charge is -2.38. The zero-order chi connectivity index (χ0) is 25.0. The van der Waals surface area contributed by atoms with Gasteiger partial charge in [-0.1, -0.05) is 62.6 Å². The topological polar surface area (TPSA) is 50.8 Å². The maximum atomic E-state index is 14.0. The first-order valence-corrected chi connectivity index (χ1v) is 13.9. The lowest BCUT2D eigenvalue weighted by molar-refractivity contribution is 0.0226. The highest BCUT2D eigenvalue weighted by atomic mass is 16.6. The van der Waals surface area contributed by atoms with Gasteiger partial charge in [-0.05, 0) is 55.9 Å². The van der Waals surface area contributed by atoms with Gasteiger partial charge in [0.25, 0.3) is 0 Å². The number of nitrogens with one attached hydrogen (secondary N) is 1. The maximum absolute atomic E-state index is 14.0. The highest BCUT2D eigenvalue weighted by Gasteiger charge is 2.56. The van der Waals surface area contributed by atoms with Gasteiger partial charge in [-0.15, -0.1) is 0 Å². The Bertz CT molecular complexity index is 1310. The number of fused-ring (bicyclic) bond motifs is 6. The van der Waals surface area contributed by atoms with Crippen LogP contribution in [0.3, 0.4) is 0 Å². The van der Waals surface area contributed by atoms with Gasteiger partial charge in [0, 0.05) is 41.5 Å². The van der Waals surface area contributed by atoms with Crippen LogP contribution in [0.15, 0.2) is 60.7 Å². The Morgan fingerprint density at radius 3 is 2.27 bits per heavy atom. The smallest absolute Gasteiger partial charge is 0.342 e. The van der Waals surface area contributed by atoms with E-state index in [1.807, 2.05) is 48.5 Å². The summed E-state index contributed by atoms with van der Waals surface area (Å²) in [4.78, 5) is 16.4. The zero-order valence-electron chi connectivity index (χ0n) is 21.5. The summed E-state index contributed by atoms with van der Waals surface area (Å²) in [6, 6.07) is 20.8. The zero-order valence-corrected chi connectivity index (χ0v) is 21.5. The number of hydrogen-bond acceptors (Lipinski definition) is 5. The van der Waals surface area contributed by atoms with Gasteiger partial charge in [0.05, 0.1) is 11.3 Å². The van der Waals surface area contributed by atoms with Gasteiger partial charge in [-0.25, -0.2) is 4.79 Å². The summed E-state index contributed by atoms with van der Waals surface area (Å²) >= 11 is 0. The molecule has 1 atom stereocenters. The Labute approximate surface area is 218 Å². The summed E-state index contributed by atoms with van der Waals surface area (Å²) in [5, 5.41) is 3.88. The first-order valence-electron chi connectivity index (χ1n) is 13.9. The molecule has 3 heterocycles. The molecule has 1 saturated heterocycles. The highest BCUT2D eigenvalue weighted by molar-refractivity contribution is 6.04. The normalized spacial score (nSPS) is 22.0. The number of carbonyl (C=O) groups is 1. The van der Waals surface area contributed by atoms with E-state index < -0.39 is 5.60 Å². The summed E-state index contributed by atoms with van der Waals surface area (Å²) in [5.74, 6) is 1.83. The van der Waals surface area contributed by atoms with Gasteiger partial charge >= 0.3 is 5.97 Å². The van der Waals surface area contributed by atoms with Crippen LogP contribution in [0.25, 0.3) is 0 Å². The molecule has 0 amide bonds. The lowest BCUT2D eigenvalue weighted by atomic mass is 9.76. The molecular formula is C32H34N2O3. The van der Waals surface area contributed by atoms with Crippen molar-refractivity contribution in [2.75, 3.05) is 23.3 Å². The lowest BCUT2D eigenvalue weighted by Crippen LogP contribution is -2.36. The van der Waals surface area contributed by atoms with Crippen molar-refractivity contribution in [2.24, 2.45) is 5.92 Å². The van der Waals surface area contributed by atoms with E-state index >= 15 is 0 Å². The standard InChI is InChI=1S/C32H34N2O3/c1-21-10-9-19-34(20-21)26-18-17-25(33-22-11-3-2-4-12-22)30-29(26)31(35)37-32(30)23-13-5-7-15-27(23)36-28-16-8-6-14-24(28)32/h5-8,13-18,21-22,33H,2-4,9-12,19-20H2,1H3. The molecule has 0 bridgehead atoms. The van der Waals surface area contributed by atoms with Crippen molar-refractivity contribution in [3.05, 3.63) is 82.9 Å². The Hall–Kier alpha value is -3.47. The number of ether oxygens (including phenoxy) is 2. The average molecular weight is 495 g/mol. The number of benzene rings is 3. The Morgan fingerprint density at radius 2 is 1.57 bits per heavy atom. The molecule has 5 nitrogen and oxygen atoms in total. The number of carbonyl (C=O) groups excluding carboxylic acids is 1. The van der Waals surface area contributed by atoms with E-state index in [0.29, 0.717) is 17.5 Å². The Kier molecular flexibility index (Phi) is 5.42. The number of nitrogens with zero attached hydrogens (tertiary/aromatic N) is 1. The van der Waals surface area contributed by atoms with E-state index in [-0.39, 0.29) is 5.97 Å². The van der Waals surface area contributed by atoms with Crippen LogP contribution in [0.5, 0.6) is 11.5 Å². The molecule has 4 aliphatic rings. The molecule has 1 spiro atoms. The van der Waals surface area contributed by atoms with Crippen LogP contribution < -0.4 is 15.0 Å². The van der Waals surface area contributed by atoms with Crippen LogP contribution in [0.1, 0.15) is 78.9 Å². The fourth-order valence-corrected chi connectivity index (χ4v) is 7.00. The van der Waals surface area contributed by atoms with Crippen LogP contribution in [0.4, 0.5) is 11.4 Å². The van der Waals surface area contributed by atoms with E-state index in [4.69, 9.17) is 9.47 Å². The minimum absolute atomic E-state index is 0.248. The molecule has 1 N–H and O–H groups in total. The first kappa shape index (κ1) is 22.7. The second kappa shape index (κ2) is 8.83. The van der Waals surface area contributed by atoms with Crippen molar-refractivity contribution in [3.63, 3.8) is 0 Å². The second-order valence-electron chi connectivity index (χ2n) is 11.2. The minimum Gasteiger partial charge on any atom is -0.456 e. The predicted molar refractivity (Wildman–Crippen MR) is 146 cm³/mol. The number of rotatable bonds is 3. The molecule has 5 heteroatoms. The summed E-state index contributed by atoms with van der Waals surface area (Å²) in [7, 11) is 0. The van der Waals surface area contributed by atoms with Gasteiger partial charge in [0.2, 0.25) is 0 Å². The molecule has 0 aromatic heterocycles. The molecule has 37 heavy (non-hydrogen) atoms. The third-order valence-electron chi connectivity index (χ3n) is 8.70. The monoisotopic (exact) mass is 494 g/mol. The molecule has 7 rings (SSSR count). The SMILES string of the molecule is CC1CCCN(c2ccc(NC3CCCCC3)c3c2C(=O)OC32c3ccccc3Oc3ccccc32)C1. The average Bonchev–Trinajstić information content (AvgIpc) is 3.23. The predicted octanol–water partition coefficient (Wildman–Crippen LogP) is 7.24. The van der Waals surface area contributed by atoms with Crippen LogP contribution in [0.2, 0.25) is 0 Å². The van der Waals surface area contributed by atoms with Crippen LogP contribution >= 0.6 is 0 Å². The summed E-state index contributed by atoms with van der Waals surface area (Å²) < 4.78 is 13.0. The number of anilines is 2. The van der Waals surface area contributed by atoms with Gasteiger partial charge in [0.1, 0.15) is 11.5 Å². The molecule has 3 aromatic carbocycles. The van der Waals surface area contributed by atoms with Gasteiger partial charge in [-0.2, -0.15) is 0 Å². The van der Waals surface area contributed by atoms with Gasteiger partial charge < -0.3 is 19.7 Å². The molecule has 3 aliphatic heterocycles. The van der Waals surface area contributed by atoms with E-state index in [9.17, 15) is 4.79 Å². The molecule has 1 saturated carbocycles. The fourth-order valence-electron chi connectivity index (χ4n) is 7.00. The quantitative estimate of drug-likeness (QED) is 0.389. The molecular weight excluding hydrogens is 460 g/mol. The van der Waals surface area contributed by atoms with Crippen LogP contribution in [-0.2, 0) is 10.3 Å². The number of hydrogen-bond donors (Lipinski definition) is 1. The van der Waals surface area contributed by atoms with Crippen LogP contribution in [0, 0.1) is 5.92 Å². The molecule has 3 aromatic rings. The number of para-hydroxylation sites is 2. The molecule has 1 unspecified atom stereocenters. The van der Waals surface area contributed by atoms with E-state index in [1.165, 1.54) is 25.7 Å². The van der Waals surface area contributed by atoms with Crippen molar-refractivity contribution >= 4 is 17.3 Å².